The zero-order valence-electron chi connectivity index (χ0n) is 10.9. The van der Waals surface area contributed by atoms with E-state index in [-0.39, 0.29) is 0 Å². The number of nitrogens with zero attached hydrogens (tertiary/aromatic N) is 4. The second kappa shape index (κ2) is 6.64. The summed E-state index contributed by atoms with van der Waals surface area (Å²) in [6.07, 6.45) is 1.29. The molecule has 0 saturated heterocycles. The predicted octanol–water partition coefficient (Wildman–Crippen LogP) is 1.05. The second-order valence-corrected chi connectivity index (χ2v) is 3.64. The smallest absolute Gasteiger partial charge is 0.213 e. The third-order valence-corrected chi connectivity index (χ3v) is 2.30. The highest BCUT2D eigenvalue weighted by molar-refractivity contribution is 5.47. The van der Waals surface area contributed by atoms with E-state index in [4.69, 9.17) is 4.74 Å². The van der Waals surface area contributed by atoms with Crippen LogP contribution in [-0.4, -0.2) is 33.8 Å². The molecule has 102 valence electrons. The molecule has 0 aliphatic carbocycles. The Kier molecular flexibility index (Phi) is 4.62. The third kappa shape index (κ3) is 3.88. The van der Waals surface area contributed by atoms with Gasteiger partial charge in [-0.25, -0.2) is 9.97 Å². The summed E-state index contributed by atoms with van der Waals surface area (Å²) in [5.74, 6) is 2.58. The van der Waals surface area contributed by atoms with Gasteiger partial charge in [0.25, 0.3) is 0 Å². The van der Waals surface area contributed by atoms with Gasteiger partial charge in [-0.15, -0.1) is 0 Å². The third-order valence-electron chi connectivity index (χ3n) is 2.30. The normalized spacial score (nSPS) is 10.4. The minimum absolute atomic E-state index is 0.378. The minimum atomic E-state index is 0.378. The van der Waals surface area contributed by atoms with E-state index in [1.165, 1.54) is 6.39 Å². The molecule has 2 heterocycles. The van der Waals surface area contributed by atoms with Crippen LogP contribution in [0.4, 0.5) is 11.6 Å². The molecular weight excluding hydrogens is 248 g/mol. The number of nitrogens with one attached hydrogen (secondary N) is 2. The minimum Gasteiger partial charge on any atom is -0.374 e. The summed E-state index contributed by atoms with van der Waals surface area (Å²) in [5, 5.41) is 9.80. The first kappa shape index (κ1) is 13.2. The van der Waals surface area contributed by atoms with Crippen molar-refractivity contribution in [2.75, 3.05) is 24.3 Å². The largest absolute Gasteiger partial charge is 0.374 e. The van der Waals surface area contributed by atoms with Gasteiger partial charge in [0.2, 0.25) is 6.39 Å². The Hall–Kier alpha value is -2.22. The summed E-state index contributed by atoms with van der Waals surface area (Å²) in [6.45, 7) is 3.36. The highest BCUT2D eigenvalue weighted by atomic mass is 16.5. The first-order chi connectivity index (χ1) is 9.31. The van der Waals surface area contributed by atoms with Crippen LogP contribution in [0.15, 0.2) is 17.0 Å². The zero-order chi connectivity index (χ0) is 13.5. The summed E-state index contributed by atoms with van der Waals surface area (Å²) < 4.78 is 9.96. The van der Waals surface area contributed by atoms with Crippen molar-refractivity contribution in [3.05, 3.63) is 24.1 Å². The topological polar surface area (TPSA) is 98.0 Å². The lowest BCUT2D eigenvalue weighted by Gasteiger charge is -2.08. The summed E-state index contributed by atoms with van der Waals surface area (Å²) in [7, 11) is 1.80. The van der Waals surface area contributed by atoms with Crippen molar-refractivity contribution in [1.29, 1.82) is 0 Å². The van der Waals surface area contributed by atoms with Gasteiger partial charge >= 0.3 is 0 Å². The van der Waals surface area contributed by atoms with Gasteiger partial charge in [0.1, 0.15) is 18.2 Å². The molecule has 0 aliphatic heterocycles. The van der Waals surface area contributed by atoms with Gasteiger partial charge in [-0.2, -0.15) is 4.98 Å². The Bertz CT molecular complexity index is 502. The summed E-state index contributed by atoms with van der Waals surface area (Å²) >= 11 is 0. The van der Waals surface area contributed by atoms with Crippen molar-refractivity contribution in [2.24, 2.45) is 0 Å². The predicted molar refractivity (Wildman–Crippen MR) is 68.5 cm³/mol. The van der Waals surface area contributed by atoms with Gasteiger partial charge in [0, 0.05) is 19.7 Å². The summed E-state index contributed by atoms with van der Waals surface area (Å²) in [6, 6.07) is 1.80. The van der Waals surface area contributed by atoms with Gasteiger partial charge in [-0.3, -0.25) is 0 Å². The van der Waals surface area contributed by atoms with E-state index in [1.807, 2.05) is 6.92 Å². The molecule has 2 rings (SSSR count). The first-order valence-corrected chi connectivity index (χ1v) is 5.94. The molecule has 19 heavy (non-hydrogen) atoms. The van der Waals surface area contributed by atoms with Crippen molar-refractivity contribution in [3.63, 3.8) is 0 Å². The Morgan fingerprint density at radius 3 is 2.79 bits per heavy atom. The average Bonchev–Trinajstić information content (AvgIpc) is 2.96. The number of ether oxygens (including phenoxy) is 1. The van der Waals surface area contributed by atoms with Gasteiger partial charge in [-0.1, -0.05) is 5.16 Å². The monoisotopic (exact) mass is 264 g/mol. The Labute approximate surface area is 110 Å². The van der Waals surface area contributed by atoms with Gasteiger partial charge < -0.3 is 19.9 Å². The van der Waals surface area contributed by atoms with Crippen molar-refractivity contribution in [3.8, 4) is 0 Å². The molecule has 0 fully saturated rings. The molecule has 0 aliphatic rings. The number of anilines is 2. The van der Waals surface area contributed by atoms with Crippen molar-refractivity contribution in [1.82, 2.24) is 20.1 Å². The van der Waals surface area contributed by atoms with E-state index in [0.29, 0.717) is 37.2 Å². The van der Waals surface area contributed by atoms with Crippen LogP contribution in [-0.2, 0) is 17.9 Å². The fourth-order valence-corrected chi connectivity index (χ4v) is 1.41. The molecule has 0 aromatic carbocycles. The summed E-state index contributed by atoms with van der Waals surface area (Å²) in [4.78, 5) is 12.6. The van der Waals surface area contributed by atoms with E-state index < -0.39 is 0 Å². The van der Waals surface area contributed by atoms with Crippen LogP contribution in [0.5, 0.6) is 0 Å². The highest BCUT2D eigenvalue weighted by Gasteiger charge is 2.05. The molecule has 8 heteroatoms. The number of hydrogen-bond acceptors (Lipinski definition) is 8. The number of rotatable bonds is 7. The van der Waals surface area contributed by atoms with E-state index in [0.717, 1.165) is 5.82 Å². The molecule has 8 nitrogen and oxygen atoms in total. The van der Waals surface area contributed by atoms with Crippen LogP contribution in [0.25, 0.3) is 0 Å². The van der Waals surface area contributed by atoms with E-state index in [9.17, 15) is 0 Å². The molecule has 0 spiro atoms. The molecule has 2 aromatic heterocycles. The Balaban J connectivity index is 2.05. The van der Waals surface area contributed by atoms with Crippen molar-refractivity contribution < 1.29 is 9.26 Å². The summed E-state index contributed by atoms with van der Waals surface area (Å²) in [5.41, 5.74) is 0. The maximum Gasteiger partial charge on any atom is 0.213 e. The molecule has 0 radical (unpaired) electrons. The Morgan fingerprint density at radius 2 is 2.11 bits per heavy atom. The molecule has 0 amide bonds. The molecule has 0 atom stereocenters. The maximum absolute atomic E-state index is 5.30. The van der Waals surface area contributed by atoms with Gasteiger partial charge in [0.15, 0.2) is 11.6 Å². The molecule has 2 aromatic rings. The zero-order valence-corrected chi connectivity index (χ0v) is 10.9. The molecule has 0 unspecified atom stereocenters. The Morgan fingerprint density at radius 1 is 1.26 bits per heavy atom. The average molecular weight is 264 g/mol. The molecule has 2 N–H and O–H groups in total. The fraction of sp³-hybridized carbons (Fsp3) is 0.455. The molecule has 0 saturated carbocycles. The lowest BCUT2D eigenvalue weighted by atomic mass is 10.4. The molecular formula is C11H16N6O2. The van der Waals surface area contributed by atoms with Crippen LogP contribution in [0.1, 0.15) is 18.6 Å². The van der Waals surface area contributed by atoms with E-state index in [1.54, 1.807) is 13.1 Å². The van der Waals surface area contributed by atoms with Crippen LogP contribution < -0.4 is 10.6 Å². The SMILES string of the molecule is CCOCc1nc(NC)cc(NCc2ncon2)n1. The van der Waals surface area contributed by atoms with Gasteiger partial charge in [-0.05, 0) is 6.92 Å². The number of aromatic nitrogens is 4. The van der Waals surface area contributed by atoms with Crippen LogP contribution in [0.3, 0.4) is 0 Å². The maximum atomic E-state index is 5.30. The van der Waals surface area contributed by atoms with Crippen LogP contribution in [0.2, 0.25) is 0 Å². The lowest BCUT2D eigenvalue weighted by Crippen LogP contribution is -2.08. The fourth-order valence-electron chi connectivity index (χ4n) is 1.41. The second-order valence-electron chi connectivity index (χ2n) is 3.64. The van der Waals surface area contributed by atoms with E-state index in [2.05, 4.69) is 35.3 Å². The van der Waals surface area contributed by atoms with Crippen LogP contribution in [0, 0.1) is 0 Å². The highest BCUT2D eigenvalue weighted by Crippen LogP contribution is 2.12. The number of hydrogen-bond donors (Lipinski definition) is 2. The van der Waals surface area contributed by atoms with Crippen molar-refractivity contribution in [2.45, 2.75) is 20.1 Å². The quantitative estimate of drug-likeness (QED) is 0.765. The molecule has 0 bridgehead atoms. The first-order valence-electron chi connectivity index (χ1n) is 5.94. The standard InChI is InChI=1S/C11H16N6O2/c1-3-18-6-11-15-8(12-2)4-9(16-11)13-5-10-14-7-19-17-10/h4,7H,3,5-6H2,1-2H3,(H2,12,13,15,16). The van der Waals surface area contributed by atoms with E-state index >= 15 is 0 Å². The lowest BCUT2D eigenvalue weighted by molar-refractivity contribution is 0.128. The van der Waals surface area contributed by atoms with Crippen molar-refractivity contribution >= 4 is 11.6 Å². The van der Waals surface area contributed by atoms with Crippen LogP contribution >= 0.6 is 0 Å². The van der Waals surface area contributed by atoms with Gasteiger partial charge in [0.05, 0.1) is 6.54 Å².